The highest BCUT2D eigenvalue weighted by Crippen LogP contribution is 2.31. The number of nitrogens with one attached hydrogen (secondary N) is 1. The first-order chi connectivity index (χ1) is 9.28. The van der Waals surface area contributed by atoms with Crippen molar-refractivity contribution in [2.24, 2.45) is 5.73 Å². The molecule has 0 aliphatic carbocycles. The van der Waals surface area contributed by atoms with Crippen LogP contribution in [0.2, 0.25) is 5.02 Å². The topological polar surface area (TPSA) is 115 Å². The fraction of sp³-hybridized carbons (Fsp3) is 0.417. The predicted octanol–water partition coefficient (Wildman–Crippen LogP) is 1.01. The first-order valence-corrected chi connectivity index (χ1v) is 8.34. The summed E-state index contributed by atoms with van der Waals surface area (Å²) in [4.78, 5) is 11.4. The highest BCUT2D eigenvalue weighted by molar-refractivity contribution is 7.91. The number of hydrogen-bond donors (Lipinski definition) is 3. The molecule has 1 aromatic rings. The number of carbonyl (C=O) groups excluding carboxylic acids is 1. The summed E-state index contributed by atoms with van der Waals surface area (Å²) in [5, 5.41) is 3.41. The molecule has 5 N–H and O–H groups in total. The third-order valence-electron chi connectivity index (χ3n) is 3.28. The highest BCUT2D eigenvalue weighted by atomic mass is 35.5. The number of benzene rings is 1. The second-order valence-corrected chi connectivity index (χ2v) is 7.57. The normalized spacial score (nSPS) is 18.6. The Morgan fingerprint density at radius 2 is 1.90 bits per heavy atom. The minimum absolute atomic E-state index is 0.0576. The summed E-state index contributed by atoms with van der Waals surface area (Å²) in [5.74, 6) is -0.378. The molecule has 110 valence electrons. The fourth-order valence-corrected chi connectivity index (χ4v) is 3.98. The van der Waals surface area contributed by atoms with Crippen LogP contribution in [0.15, 0.2) is 12.1 Å². The van der Waals surface area contributed by atoms with Crippen LogP contribution in [-0.4, -0.2) is 31.9 Å². The van der Waals surface area contributed by atoms with Gasteiger partial charge in [-0.05, 0) is 25.0 Å². The molecular weight excluding hydrogens is 302 g/mol. The van der Waals surface area contributed by atoms with Crippen LogP contribution in [0, 0.1) is 0 Å². The molecule has 0 bridgehead atoms. The molecule has 0 unspecified atom stereocenters. The minimum atomic E-state index is -2.94. The van der Waals surface area contributed by atoms with E-state index in [2.05, 4.69) is 5.32 Å². The Morgan fingerprint density at radius 3 is 2.45 bits per heavy atom. The summed E-state index contributed by atoms with van der Waals surface area (Å²) >= 11 is 6.09. The molecule has 0 spiro atoms. The van der Waals surface area contributed by atoms with Gasteiger partial charge in [-0.2, -0.15) is 0 Å². The number of sulfone groups is 1. The third kappa shape index (κ3) is 3.34. The van der Waals surface area contributed by atoms with E-state index in [-0.39, 0.29) is 23.1 Å². The van der Waals surface area contributed by atoms with Gasteiger partial charge in [-0.15, -0.1) is 0 Å². The summed E-state index contributed by atoms with van der Waals surface area (Å²) in [7, 11) is -2.94. The van der Waals surface area contributed by atoms with Gasteiger partial charge in [0.15, 0.2) is 0 Å². The van der Waals surface area contributed by atoms with Crippen molar-refractivity contribution in [3.05, 3.63) is 22.7 Å². The second-order valence-electron chi connectivity index (χ2n) is 4.86. The van der Waals surface area contributed by atoms with Gasteiger partial charge in [0.2, 0.25) is 0 Å². The minimum Gasteiger partial charge on any atom is -0.399 e. The first kappa shape index (κ1) is 14.9. The van der Waals surface area contributed by atoms with Crippen molar-refractivity contribution < 1.29 is 13.2 Å². The molecule has 0 aromatic heterocycles. The van der Waals surface area contributed by atoms with Crippen molar-refractivity contribution in [1.29, 1.82) is 0 Å². The molecule has 1 aromatic carbocycles. The molecule has 1 heterocycles. The van der Waals surface area contributed by atoms with E-state index in [1.807, 2.05) is 0 Å². The molecule has 1 saturated heterocycles. The lowest BCUT2D eigenvalue weighted by Crippen LogP contribution is -2.33. The summed E-state index contributed by atoms with van der Waals surface area (Å²) in [5.41, 5.74) is 11.9. The van der Waals surface area contributed by atoms with E-state index >= 15 is 0 Å². The number of carbonyl (C=O) groups is 1. The van der Waals surface area contributed by atoms with E-state index < -0.39 is 15.7 Å². The van der Waals surface area contributed by atoms with Gasteiger partial charge in [-0.25, -0.2) is 8.42 Å². The Morgan fingerprint density at radius 1 is 1.30 bits per heavy atom. The Labute approximate surface area is 122 Å². The van der Waals surface area contributed by atoms with E-state index in [9.17, 15) is 13.2 Å². The number of nitrogens with two attached hydrogens (primary N) is 2. The Bertz CT molecular complexity index is 632. The van der Waals surface area contributed by atoms with Crippen molar-refractivity contribution in [3.8, 4) is 0 Å². The van der Waals surface area contributed by atoms with Crippen LogP contribution in [0.5, 0.6) is 0 Å². The van der Waals surface area contributed by atoms with E-state index in [1.54, 1.807) is 0 Å². The van der Waals surface area contributed by atoms with Crippen LogP contribution in [0.3, 0.4) is 0 Å². The predicted molar refractivity (Wildman–Crippen MR) is 79.7 cm³/mol. The maximum absolute atomic E-state index is 11.4. The zero-order chi connectivity index (χ0) is 14.9. The Balaban J connectivity index is 2.23. The average Bonchev–Trinajstić information content (AvgIpc) is 2.34. The van der Waals surface area contributed by atoms with Gasteiger partial charge in [-0.3, -0.25) is 4.79 Å². The van der Waals surface area contributed by atoms with E-state index in [0.717, 1.165) is 0 Å². The van der Waals surface area contributed by atoms with Gasteiger partial charge in [-0.1, -0.05) is 11.6 Å². The lowest BCUT2D eigenvalue weighted by molar-refractivity contribution is 0.100. The van der Waals surface area contributed by atoms with Crippen molar-refractivity contribution in [2.75, 3.05) is 22.6 Å². The van der Waals surface area contributed by atoms with Crippen LogP contribution in [0.25, 0.3) is 0 Å². The van der Waals surface area contributed by atoms with Crippen LogP contribution in [-0.2, 0) is 9.84 Å². The van der Waals surface area contributed by atoms with Crippen molar-refractivity contribution >= 4 is 38.7 Å². The van der Waals surface area contributed by atoms with Gasteiger partial charge in [0.05, 0.1) is 27.8 Å². The van der Waals surface area contributed by atoms with Crippen LogP contribution >= 0.6 is 11.6 Å². The maximum atomic E-state index is 11.4. The fourth-order valence-electron chi connectivity index (χ4n) is 2.21. The molecular formula is C12H16ClN3O3S. The molecule has 1 aliphatic rings. The summed E-state index contributed by atoms with van der Waals surface area (Å²) in [6.45, 7) is 0. The molecule has 6 nitrogen and oxygen atoms in total. The molecule has 1 fully saturated rings. The Kier molecular flexibility index (Phi) is 4.10. The zero-order valence-corrected chi connectivity index (χ0v) is 12.3. The zero-order valence-electron chi connectivity index (χ0n) is 10.7. The quantitative estimate of drug-likeness (QED) is 0.720. The third-order valence-corrected chi connectivity index (χ3v) is 5.29. The number of anilines is 2. The maximum Gasteiger partial charge on any atom is 0.250 e. The number of rotatable bonds is 3. The van der Waals surface area contributed by atoms with Crippen LogP contribution in [0.1, 0.15) is 23.2 Å². The van der Waals surface area contributed by atoms with Gasteiger partial charge in [0, 0.05) is 11.7 Å². The molecule has 20 heavy (non-hydrogen) atoms. The molecule has 0 saturated carbocycles. The van der Waals surface area contributed by atoms with Crippen LogP contribution in [0.4, 0.5) is 11.4 Å². The molecule has 0 radical (unpaired) electrons. The summed E-state index contributed by atoms with van der Waals surface area (Å²) in [6.07, 6.45) is 0.947. The second kappa shape index (κ2) is 5.49. The van der Waals surface area contributed by atoms with E-state index in [0.29, 0.717) is 29.2 Å². The Hall–Kier alpha value is -1.47. The lowest BCUT2D eigenvalue weighted by atomic mass is 10.1. The molecule has 0 atom stereocenters. The SMILES string of the molecule is NC(=O)c1cc(N)cc(Cl)c1NC1CCS(=O)(=O)CC1. The van der Waals surface area contributed by atoms with Gasteiger partial charge in [0.1, 0.15) is 9.84 Å². The summed E-state index contributed by atoms with van der Waals surface area (Å²) in [6, 6.07) is 2.92. The molecule has 8 heteroatoms. The van der Waals surface area contributed by atoms with Crippen molar-refractivity contribution in [3.63, 3.8) is 0 Å². The van der Waals surface area contributed by atoms with Gasteiger partial charge in [0.25, 0.3) is 5.91 Å². The summed E-state index contributed by atoms with van der Waals surface area (Å²) < 4.78 is 22.8. The van der Waals surface area contributed by atoms with E-state index in [1.165, 1.54) is 12.1 Å². The number of hydrogen-bond acceptors (Lipinski definition) is 5. The first-order valence-electron chi connectivity index (χ1n) is 6.14. The average molecular weight is 318 g/mol. The molecule has 2 rings (SSSR count). The van der Waals surface area contributed by atoms with Crippen molar-refractivity contribution in [1.82, 2.24) is 0 Å². The standard InChI is InChI=1S/C12H16ClN3O3S/c13-10-6-7(14)5-9(12(15)17)11(10)16-8-1-3-20(18,19)4-2-8/h5-6,8,16H,1-4,14H2,(H2,15,17). The van der Waals surface area contributed by atoms with Gasteiger partial charge < -0.3 is 16.8 Å². The number of halogens is 1. The van der Waals surface area contributed by atoms with Crippen molar-refractivity contribution in [2.45, 2.75) is 18.9 Å². The van der Waals surface area contributed by atoms with Crippen LogP contribution < -0.4 is 16.8 Å². The number of nitrogen functional groups attached to an aromatic ring is 1. The highest BCUT2D eigenvalue weighted by Gasteiger charge is 2.25. The molecule has 1 aliphatic heterocycles. The van der Waals surface area contributed by atoms with E-state index in [4.69, 9.17) is 23.1 Å². The lowest BCUT2D eigenvalue weighted by Gasteiger charge is -2.25. The number of amides is 1. The monoisotopic (exact) mass is 317 g/mol. The molecule has 1 amide bonds. The smallest absolute Gasteiger partial charge is 0.250 e. The number of primary amides is 1. The van der Waals surface area contributed by atoms with Gasteiger partial charge >= 0.3 is 0 Å². The largest absolute Gasteiger partial charge is 0.399 e.